The van der Waals surface area contributed by atoms with Gasteiger partial charge in [-0.3, -0.25) is 4.79 Å². The largest absolute Gasteiger partial charge is 0.394 e. The van der Waals surface area contributed by atoms with Gasteiger partial charge in [-0.15, -0.1) is 5.92 Å². The van der Waals surface area contributed by atoms with Gasteiger partial charge in [-0.25, -0.2) is 4.98 Å². The molecule has 14 unspecified atom stereocenters. The average Bonchev–Trinajstić information content (AvgIpc) is 3.83. The van der Waals surface area contributed by atoms with Crippen LogP contribution in [0.15, 0.2) is 24.2 Å². The van der Waals surface area contributed by atoms with Crippen LogP contribution in [0.2, 0.25) is 0 Å². The molecule has 0 aromatic carbocycles. The number of hydrogen-bond donors (Lipinski definition) is 5. The second-order valence-corrected chi connectivity index (χ2v) is 22.1. The molecule has 8 heteroatoms. The van der Waals surface area contributed by atoms with E-state index in [0.29, 0.717) is 12.8 Å². The maximum atomic E-state index is 15.8. The quantitative estimate of drug-likeness (QED) is 0.138. The van der Waals surface area contributed by atoms with Gasteiger partial charge >= 0.3 is 0 Å². The number of fused-ring (bicyclic) bond motifs is 4. The predicted octanol–water partition coefficient (Wildman–Crippen LogP) is 7.33. The van der Waals surface area contributed by atoms with Crippen LogP contribution in [0.5, 0.6) is 0 Å². The topological polar surface area (TPSA) is 136 Å². The minimum absolute atomic E-state index is 0.00347. The van der Waals surface area contributed by atoms with E-state index in [1.165, 1.54) is 18.4 Å². The Morgan fingerprint density at radius 1 is 0.947 bits per heavy atom. The van der Waals surface area contributed by atoms with Crippen molar-refractivity contribution < 1.29 is 30.3 Å². The van der Waals surface area contributed by atoms with Crippen LogP contribution in [0.4, 0.5) is 0 Å². The van der Waals surface area contributed by atoms with Crippen LogP contribution in [0.25, 0.3) is 0 Å². The zero-order valence-electron chi connectivity index (χ0n) is 35.4. The molecule has 6 fully saturated rings. The van der Waals surface area contributed by atoms with E-state index >= 15 is 4.79 Å². The Kier molecular flexibility index (Phi) is 9.93. The number of hydrogen-bond acceptors (Lipinski definition) is 7. The smallest absolute Gasteiger partial charge is 0.159 e. The van der Waals surface area contributed by atoms with Crippen molar-refractivity contribution in [2.24, 2.45) is 61.6 Å². The molecule has 5 N–H and O–H groups in total. The van der Waals surface area contributed by atoms with Crippen LogP contribution in [-0.2, 0) is 17.8 Å². The average molecular weight is 785 g/mol. The van der Waals surface area contributed by atoms with Crippen molar-refractivity contribution in [2.45, 2.75) is 187 Å². The summed E-state index contributed by atoms with van der Waals surface area (Å²) in [5.74, 6) is 6.59. The van der Waals surface area contributed by atoms with Gasteiger partial charge in [0.05, 0.1) is 36.9 Å². The molecule has 57 heavy (non-hydrogen) atoms. The summed E-state index contributed by atoms with van der Waals surface area (Å²) in [6.07, 6.45) is 20.9. The minimum Gasteiger partial charge on any atom is -0.394 e. The van der Waals surface area contributed by atoms with Gasteiger partial charge in [-0.05, 0) is 147 Å². The summed E-state index contributed by atoms with van der Waals surface area (Å²) in [5.41, 5.74) is -1.08. The number of unbranched alkanes of at least 4 members (excludes halogenated alkanes) is 2. The summed E-state index contributed by atoms with van der Waals surface area (Å²) < 4.78 is 2.29. The molecule has 314 valence electrons. The van der Waals surface area contributed by atoms with E-state index in [0.717, 1.165) is 115 Å². The molecule has 9 aliphatic carbocycles. The Labute approximate surface area is 341 Å². The molecule has 0 amide bonds. The van der Waals surface area contributed by atoms with Crippen molar-refractivity contribution in [1.29, 1.82) is 0 Å². The molecule has 9 aliphatic rings. The molecule has 8 nitrogen and oxygen atoms in total. The van der Waals surface area contributed by atoms with Crippen molar-refractivity contribution in [3.8, 4) is 11.8 Å². The molecular formula is C49H72N2O6. The summed E-state index contributed by atoms with van der Waals surface area (Å²) in [5, 5.41) is 59.7. The van der Waals surface area contributed by atoms with Gasteiger partial charge in [0.2, 0.25) is 0 Å². The lowest BCUT2D eigenvalue weighted by molar-refractivity contribution is -0.263. The van der Waals surface area contributed by atoms with Gasteiger partial charge < -0.3 is 30.1 Å². The number of imidazole rings is 1. The number of aliphatic hydroxyl groups is 5. The van der Waals surface area contributed by atoms with Crippen molar-refractivity contribution in [3.63, 3.8) is 0 Å². The fourth-order valence-electron chi connectivity index (χ4n) is 17.4. The lowest BCUT2D eigenvalue weighted by Gasteiger charge is -2.74. The summed E-state index contributed by atoms with van der Waals surface area (Å²) in [6.45, 7) is 9.46. The van der Waals surface area contributed by atoms with Crippen molar-refractivity contribution >= 4 is 5.78 Å². The third kappa shape index (κ3) is 5.42. The number of allylic oxidation sites excluding steroid dienone is 2. The molecule has 6 saturated carbocycles. The van der Waals surface area contributed by atoms with Crippen molar-refractivity contribution in [3.05, 3.63) is 29.9 Å². The summed E-state index contributed by atoms with van der Waals surface area (Å²) >= 11 is 0. The first-order valence-corrected chi connectivity index (χ1v) is 23.3. The SMILES string of the molecule is CCCCCc1cn(CC2CCC34CCC(O)C(C)(C(O)CO)C3CCC3(C2)C4C(=O)C=C2C4CC5(C)CCC#CC(O)C4(C(O)CC23C)C2(CCCC2)C5)cn1. The van der Waals surface area contributed by atoms with E-state index in [1.807, 2.05) is 13.3 Å². The number of ketones is 1. The van der Waals surface area contributed by atoms with Gasteiger partial charge in [0.15, 0.2) is 5.78 Å². The Morgan fingerprint density at radius 3 is 2.47 bits per heavy atom. The summed E-state index contributed by atoms with van der Waals surface area (Å²) in [6, 6.07) is 0. The van der Waals surface area contributed by atoms with Crippen LogP contribution in [0.3, 0.4) is 0 Å². The third-order valence-corrected chi connectivity index (χ3v) is 19.7. The van der Waals surface area contributed by atoms with E-state index in [1.54, 1.807) is 0 Å². The van der Waals surface area contributed by atoms with Crippen molar-refractivity contribution in [1.82, 2.24) is 9.55 Å². The van der Waals surface area contributed by atoms with E-state index < -0.39 is 58.1 Å². The summed E-state index contributed by atoms with van der Waals surface area (Å²) in [7, 11) is 0. The lowest BCUT2D eigenvalue weighted by Crippen LogP contribution is -2.73. The fraction of sp³-hybridized carbons (Fsp3) is 0.837. The fourth-order valence-corrected chi connectivity index (χ4v) is 17.4. The molecule has 1 aromatic heterocycles. The van der Waals surface area contributed by atoms with Crippen molar-refractivity contribution in [2.75, 3.05) is 6.61 Å². The maximum absolute atomic E-state index is 15.8. The highest BCUT2D eigenvalue weighted by Crippen LogP contribution is 2.81. The molecule has 1 heterocycles. The Balaban J connectivity index is 1.21. The van der Waals surface area contributed by atoms with Gasteiger partial charge in [-0.1, -0.05) is 64.9 Å². The molecule has 3 spiro atoms. The first-order chi connectivity index (χ1) is 27.2. The zero-order chi connectivity index (χ0) is 40.2. The van der Waals surface area contributed by atoms with E-state index in [-0.39, 0.29) is 40.3 Å². The van der Waals surface area contributed by atoms with Gasteiger partial charge in [0, 0.05) is 35.9 Å². The van der Waals surface area contributed by atoms with E-state index in [9.17, 15) is 25.5 Å². The number of aromatic nitrogens is 2. The van der Waals surface area contributed by atoms with Crippen LogP contribution in [0, 0.1) is 73.4 Å². The van der Waals surface area contributed by atoms with E-state index in [4.69, 9.17) is 4.98 Å². The number of carbonyl (C=O) groups is 1. The monoisotopic (exact) mass is 785 g/mol. The highest BCUT2D eigenvalue weighted by molar-refractivity contribution is 5.96. The highest BCUT2D eigenvalue weighted by atomic mass is 16.3. The number of nitrogens with zero attached hydrogens (tertiary/aromatic N) is 2. The van der Waals surface area contributed by atoms with Crippen LogP contribution in [-0.4, -0.2) is 71.9 Å². The van der Waals surface area contributed by atoms with Crippen LogP contribution >= 0.6 is 0 Å². The minimum atomic E-state index is -1.09. The second-order valence-electron chi connectivity index (χ2n) is 22.1. The number of rotatable bonds is 8. The number of aliphatic hydroxyl groups excluding tert-OH is 5. The normalized spacial score (nSPS) is 47.5. The third-order valence-electron chi connectivity index (χ3n) is 19.7. The molecular weight excluding hydrogens is 713 g/mol. The molecule has 1 aromatic rings. The molecule has 0 radical (unpaired) electrons. The zero-order valence-corrected chi connectivity index (χ0v) is 35.4. The molecule has 14 atom stereocenters. The van der Waals surface area contributed by atoms with Crippen LogP contribution < -0.4 is 0 Å². The molecule has 10 rings (SSSR count). The molecule has 0 saturated heterocycles. The van der Waals surface area contributed by atoms with Crippen LogP contribution in [0.1, 0.15) is 155 Å². The first-order valence-electron chi connectivity index (χ1n) is 23.3. The highest BCUT2D eigenvalue weighted by Gasteiger charge is 2.78. The van der Waals surface area contributed by atoms with Gasteiger partial charge in [-0.2, -0.15) is 0 Å². The Hall–Kier alpha value is -2.02. The number of aryl methyl sites for hydroxylation is 1. The maximum Gasteiger partial charge on any atom is 0.159 e. The standard InChI is InChI=1S/C49H72N2O6/c1-5-6-7-12-33-28-51(31-50-33)27-32-14-20-47-21-16-38(54)45(4,41(57)29-52)37(47)15-22-48(24-32)42(47)36(53)23-34-35-25-43(2)17-9-8-13-39(55)49(35,40(56)26-44(34,48)3)46(30-43)18-10-11-19-46/h23,28,31-32,35,37-42,52,54-57H,5-7,9-12,14-22,24-27,29-30H2,1-4H3. The predicted molar refractivity (Wildman–Crippen MR) is 219 cm³/mol. The number of carbonyl (C=O) groups excluding carboxylic acids is 1. The van der Waals surface area contributed by atoms with Gasteiger partial charge in [0.1, 0.15) is 6.10 Å². The summed E-state index contributed by atoms with van der Waals surface area (Å²) in [4.78, 5) is 20.6. The van der Waals surface area contributed by atoms with Gasteiger partial charge in [0.25, 0.3) is 0 Å². The lowest BCUT2D eigenvalue weighted by atomic mass is 9.29. The second kappa shape index (κ2) is 14.0. The van der Waals surface area contributed by atoms with E-state index in [2.05, 4.69) is 49.5 Å². The molecule has 4 bridgehead atoms. The molecule has 0 aliphatic heterocycles. The Bertz CT molecular complexity index is 1820. The first kappa shape index (κ1) is 40.4. The Morgan fingerprint density at radius 2 is 1.72 bits per heavy atom.